The second-order valence-corrected chi connectivity index (χ2v) is 5.58. The Hall–Kier alpha value is -2.63. The topological polar surface area (TPSA) is 38.8 Å². The van der Waals surface area contributed by atoms with Gasteiger partial charge >= 0.3 is 0 Å². The first kappa shape index (κ1) is 16.2. The van der Waals surface area contributed by atoms with Crippen LogP contribution in [0.25, 0.3) is 0 Å². The van der Waals surface area contributed by atoms with Crippen molar-refractivity contribution in [2.45, 2.75) is 13.0 Å². The molecule has 0 N–H and O–H groups in total. The van der Waals surface area contributed by atoms with Gasteiger partial charge in [-0.3, -0.25) is 4.79 Å². The second kappa shape index (κ2) is 6.47. The Labute approximate surface area is 138 Å². The number of benzene rings is 2. The molecule has 0 aromatic heterocycles. The summed E-state index contributed by atoms with van der Waals surface area (Å²) in [6.45, 7) is 0.883. The molecule has 2 aromatic carbocycles. The van der Waals surface area contributed by atoms with Gasteiger partial charge in [-0.25, -0.2) is 8.78 Å². The maximum atomic E-state index is 13.4. The van der Waals surface area contributed by atoms with Crippen LogP contribution in [-0.4, -0.2) is 31.6 Å². The molecule has 2 aromatic rings. The maximum absolute atomic E-state index is 13.4. The fraction of sp³-hybridized carbons (Fsp3) is 0.278. The van der Waals surface area contributed by atoms with Crippen LogP contribution in [-0.2, 0) is 13.0 Å². The summed E-state index contributed by atoms with van der Waals surface area (Å²) in [5.74, 6) is -1.07. The van der Waals surface area contributed by atoms with Crippen molar-refractivity contribution in [1.82, 2.24) is 4.90 Å². The lowest BCUT2D eigenvalue weighted by Crippen LogP contribution is -2.36. The highest BCUT2D eigenvalue weighted by Crippen LogP contribution is 2.33. The Balaban J connectivity index is 1.86. The molecular weight excluding hydrogens is 316 g/mol. The predicted octanol–water partition coefficient (Wildman–Crippen LogP) is 3.18. The standard InChI is InChI=1S/C18H17F2NO3/c1-23-16-8-11-5-6-21(10-13(11)9-17(16)24-2)18(22)12-3-4-14(19)15(20)7-12/h3-4,7-9H,5-6,10H2,1-2H3. The van der Waals surface area contributed by atoms with E-state index in [4.69, 9.17) is 9.47 Å². The second-order valence-electron chi connectivity index (χ2n) is 5.58. The van der Waals surface area contributed by atoms with Crippen molar-refractivity contribution < 1.29 is 23.0 Å². The monoisotopic (exact) mass is 333 g/mol. The summed E-state index contributed by atoms with van der Waals surface area (Å²) in [5.41, 5.74) is 2.18. The first-order valence-electron chi connectivity index (χ1n) is 7.51. The zero-order chi connectivity index (χ0) is 17.3. The molecule has 24 heavy (non-hydrogen) atoms. The molecule has 0 saturated carbocycles. The molecule has 0 unspecified atom stereocenters. The van der Waals surface area contributed by atoms with Crippen molar-refractivity contribution in [2.24, 2.45) is 0 Å². The Kier molecular flexibility index (Phi) is 4.38. The fourth-order valence-corrected chi connectivity index (χ4v) is 2.87. The van der Waals surface area contributed by atoms with E-state index in [1.165, 1.54) is 6.07 Å². The molecule has 0 atom stereocenters. The molecular formula is C18H17F2NO3. The SMILES string of the molecule is COc1cc2c(cc1OC)CN(C(=O)c1ccc(F)c(F)c1)CC2. The average molecular weight is 333 g/mol. The molecule has 1 amide bonds. The summed E-state index contributed by atoms with van der Waals surface area (Å²) in [6, 6.07) is 6.95. The lowest BCUT2D eigenvalue weighted by molar-refractivity contribution is 0.0734. The molecule has 6 heteroatoms. The molecule has 0 fully saturated rings. The van der Waals surface area contributed by atoms with Gasteiger partial charge in [0.05, 0.1) is 14.2 Å². The smallest absolute Gasteiger partial charge is 0.254 e. The number of methoxy groups -OCH3 is 2. The average Bonchev–Trinajstić information content (AvgIpc) is 2.61. The van der Waals surface area contributed by atoms with Crippen LogP contribution >= 0.6 is 0 Å². The van der Waals surface area contributed by atoms with Crippen molar-refractivity contribution >= 4 is 5.91 Å². The van der Waals surface area contributed by atoms with Crippen LogP contribution in [0, 0.1) is 11.6 Å². The minimum absolute atomic E-state index is 0.137. The van der Waals surface area contributed by atoms with Crippen molar-refractivity contribution in [1.29, 1.82) is 0 Å². The number of halogens is 2. The molecule has 3 rings (SSSR count). The van der Waals surface area contributed by atoms with Crippen molar-refractivity contribution in [3.8, 4) is 11.5 Å². The van der Waals surface area contributed by atoms with Crippen LogP contribution in [0.3, 0.4) is 0 Å². The minimum Gasteiger partial charge on any atom is -0.493 e. The number of carbonyl (C=O) groups is 1. The molecule has 1 heterocycles. The van der Waals surface area contributed by atoms with Crippen LogP contribution in [0.1, 0.15) is 21.5 Å². The number of fused-ring (bicyclic) bond motifs is 1. The third-order valence-electron chi connectivity index (χ3n) is 4.17. The Morgan fingerprint density at radius 1 is 1.00 bits per heavy atom. The molecule has 0 bridgehead atoms. The summed E-state index contributed by atoms with van der Waals surface area (Å²) in [6.07, 6.45) is 0.658. The Morgan fingerprint density at radius 3 is 2.29 bits per heavy atom. The van der Waals surface area contributed by atoms with Crippen molar-refractivity contribution in [3.63, 3.8) is 0 Å². The highest BCUT2D eigenvalue weighted by molar-refractivity contribution is 5.94. The lowest BCUT2D eigenvalue weighted by Gasteiger charge is -2.29. The van der Waals surface area contributed by atoms with E-state index in [1.54, 1.807) is 19.1 Å². The predicted molar refractivity (Wildman–Crippen MR) is 84.3 cm³/mol. The number of hydrogen-bond acceptors (Lipinski definition) is 3. The van der Waals surface area contributed by atoms with Gasteiger partial charge in [0.2, 0.25) is 0 Å². The number of rotatable bonds is 3. The van der Waals surface area contributed by atoms with Gasteiger partial charge < -0.3 is 14.4 Å². The van der Waals surface area contributed by atoms with Gasteiger partial charge in [-0.2, -0.15) is 0 Å². The van der Waals surface area contributed by atoms with E-state index in [9.17, 15) is 13.6 Å². The summed E-state index contributed by atoms with van der Waals surface area (Å²) in [5, 5.41) is 0. The van der Waals surface area contributed by atoms with E-state index in [0.29, 0.717) is 31.0 Å². The van der Waals surface area contributed by atoms with Crippen LogP contribution in [0.5, 0.6) is 11.5 Å². The van der Waals surface area contributed by atoms with Gasteiger partial charge in [-0.1, -0.05) is 0 Å². The summed E-state index contributed by atoms with van der Waals surface area (Å²) >= 11 is 0. The van der Waals surface area contributed by atoms with E-state index < -0.39 is 11.6 Å². The zero-order valence-corrected chi connectivity index (χ0v) is 13.4. The van der Waals surface area contributed by atoms with E-state index in [1.807, 2.05) is 12.1 Å². The molecule has 0 saturated heterocycles. The first-order valence-corrected chi connectivity index (χ1v) is 7.51. The highest BCUT2D eigenvalue weighted by atomic mass is 19.2. The molecule has 0 radical (unpaired) electrons. The fourth-order valence-electron chi connectivity index (χ4n) is 2.87. The van der Waals surface area contributed by atoms with Gasteiger partial charge in [-0.15, -0.1) is 0 Å². The minimum atomic E-state index is -1.02. The third kappa shape index (κ3) is 2.91. The first-order chi connectivity index (χ1) is 11.5. The zero-order valence-electron chi connectivity index (χ0n) is 13.4. The third-order valence-corrected chi connectivity index (χ3v) is 4.17. The summed E-state index contributed by atoms with van der Waals surface area (Å²) < 4.78 is 37.0. The Bertz CT molecular complexity index is 792. The van der Waals surface area contributed by atoms with E-state index in [2.05, 4.69) is 0 Å². The van der Waals surface area contributed by atoms with Gasteiger partial charge in [0.25, 0.3) is 5.91 Å². The van der Waals surface area contributed by atoms with Crippen molar-refractivity contribution in [3.05, 3.63) is 58.7 Å². The van der Waals surface area contributed by atoms with Gasteiger partial charge in [0.15, 0.2) is 23.1 Å². The number of ether oxygens (including phenoxy) is 2. The summed E-state index contributed by atoms with van der Waals surface area (Å²) in [7, 11) is 3.13. The van der Waals surface area contributed by atoms with Crippen molar-refractivity contribution in [2.75, 3.05) is 20.8 Å². The number of nitrogens with zero attached hydrogens (tertiary/aromatic N) is 1. The molecule has 1 aliphatic rings. The summed E-state index contributed by atoms with van der Waals surface area (Å²) in [4.78, 5) is 14.1. The van der Waals surface area contributed by atoms with Crippen LogP contribution in [0.2, 0.25) is 0 Å². The quantitative estimate of drug-likeness (QED) is 0.866. The molecule has 126 valence electrons. The van der Waals surface area contributed by atoms with Gasteiger partial charge in [0, 0.05) is 18.7 Å². The largest absolute Gasteiger partial charge is 0.493 e. The van der Waals surface area contributed by atoms with E-state index in [0.717, 1.165) is 23.3 Å². The maximum Gasteiger partial charge on any atom is 0.254 e. The molecule has 0 spiro atoms. The Morgan fingerprint density at radius 2 is 1.67 bits per heavy atom. The number of amides is 1. The molecule has 1 aliphatic heterocycles. The van der Waals surface area contributed by atoms with Crippen LogP contribution in [0.15, 0.2) is 30.3 Å². The normalized spacial score (nSPS) is 13.4. The number of hydrogen-bond donors (Lipinski definition) is 0. The highest BCUT2D eigenvalue weighted by Gasteiger charge is 2.24. The van der Waals surface area contributed by atoms with Gasteiger partial charge in [0.1, 0.15) is 0 Å². The van der Waals surface area contributed by atoms with Crippen LogP contribution < -0.4 is 9.47 Å². The number of carbonyl (C=O) groups excluding carboxylic acids is 1. The molecule has 0 aliphatic carbocycles. The molecule has 4 nitrogen and oxygen atoms in total. The van der Waals surface area contributed by atoms with Gasteiger partial charge in [-0.05, 0) is 47.9 Å². The lowest BCUT2D eigenvalue weighted by atomic mass is 9.98. The van der Waals surface area contributed by atoms with E-state index in [-0.39, 0.29) is 11.5 Å². The van der Waals surface area contributed by atoms with E-state index >= 15 is 0 Å². The van der Waals surface area contributed by atoms with Crippen LogP contribution in [0.4, 0.5) is 8.78 Å².